The first-order valence-corrected chi connectivity index (χ1v) is 6.36. The summed E-state index contributed by atoms with van der Waals surface area (Å²) in [6.45, 7) is 0. The maximum absolute atomic E-state index is 2.00. The molecule has 0 rings (SSSR count). The quantitative estimate of drug-likeness (QED) is 0.350. The van der Waals surface area contributed by atoms with Crippen LogP contribution < -0.4 is 0 Å². The smallest absolute Gasteiger partial charge is 1.00 e. The molecule has 0 saturated heterocycles. The van der Waals surface area contributed by atoms with Crippen molar-refractivity contribution >= 4 is 57.3 Å². The summed E-state index contributed by atoms with van der Waals surface area (Å²) in [7, 11) is 3.33. The summed E-state index contributed by atoms with van der Waals surface area (Å²) >= 11 is 0. The second-order valence-electron chi connectivity index (χ2n) is 0. The molecule has 0 heterocycles. The van der Waals surface area contributed by atoms with Gasteiger partial charge in [-0.3, -0.25) is 0 Å². The summed E-state index contributed by atoms with van der Waals surface area (Å²) < 4.78 is 0. The van der Waals surface area contributed by atoms with Crippen LogP contribution in [0.25, 0.3) is 0 Å². The fourth-order valence-corrected chi connectivity index (χ4v) is 0. The molecule has 0 N–H and O–H groups in total. The number of hydrogen-bond acceptors (Lipinski definition) is 0. The van der Waals surface area contributed by atoms with Crippen molar-refractivity contribution in [2.45, 2.75) is 0 Å². The molecule has 4 heavy (non-hydrogen) atoms. The molecule has 0 aliphatic rings. The van der Waals surface area contributed by atoms with Gasteiger partial charge in [-0.25, -0.2) is 0 Å². The minimum Gasteiger partial charge on any atom is -1.00 e. The van der Waals surface area contributed by atoms with E-state index < -0.39 is 0 Å². The van der Waals surface area contributed by atoms with E-state index in [1.807, 2.05) is 9.76 Å². The van der Waals surface area contributed by atoms with Gasteiger partial charge in [0.25, 0.3) is 0 Å². The van der Waals surface area contributed by atoms with Crippen molar-refractivity contribution in [2.24, 2.45) is 0 Å². The molecule has 0 nitrogen and oxygen atoms in total. The molecular formula is H7CaFeSi2. The number of rotatable bonds is 0. The summed E-state index contributed by atoms with van der Waals surface area (Å²) in [4.78, 5) is 0. The van der Waals surface area contributed by atoms with E-state index in [9.17, 15) is 0 Å². The zero-order valence-electron chi connectivity index (χ0n) is 4.77. The second-order valence-corrected chi connectivity index (χ2v) is 0. The maximum Gasteiger partial charge on any atom is 2.00 e. The summed E-state index contributed by atoms with van der Waals surface area (Å²) in [6.07, 6.45) is 0. The third kappa shape index (κ3) is 8.88. The first-order chi connectivity index (χ1) is 1.00. The Morgan fingerprint density at radius 2 is 1.50 bits per heavy atom. The Morgan fingerprint density at radius 1 is 1.50 bits per heavy atom. The zero-order valence-corrected chi connectivity index (χ0v) is 9.49. The molecule has 0 saturated carbocycles. The molecule has 0 spiro atoms. The van der Waals surface area contributed by atoms with Crippen LogP contribution in [0.15, 0.2) is 0 Å². The van der Waals surface area contributed by atoms with Crippen LogP contribution >= 0.6 is 0 Å². The topological polar surface area (TPSA) is 0 Å². The van der Waals surface area contributed by atoms with Crippen molar-refractivity contribution in [1.29, 1.82) is 0 Å². The van der Waals surface area contributed by atoms with Crippen molar-refractivity contribution in [3.05, 3.63) is 0 Å². The molecule has 1 radical (unpaired) electrons. The monoisotopic (exact) mass is 159 g/mol. The van der Waals surface area contributed by atoms with E-state index in [0.29, 0.717) is 0 Å². The van der Waals surface area contributed by atoms with Gasteiger partial charge in [-0.05, 0) is 19.5 Å². The van der Waals surface area contributed by atoms with Gasteiger partial charge in [-0.2, -0.15) is 0 Å². The predicted octanol–water partition coefficient (Wildman–Crippen LogP) is -2.26. The number of hydrogen-bond donors (Lipinski definition) is 0. The Labute approximate surface area is 76.2 Å². The average Bonchev–Trinajstić information content (AvgIpc) is 1.00. The molecule has 0 aromatic heterocycles. The first-order valence-electron chi connectivity index (χ1n) is 0.707. The van der Waals surface area contributed by atoms with Gasteiger partial charge in [0.2, 0.25) is 0 Å². The fraction of sp³-hybridized carbons (Fsp3) is 0. The van der Waals surface area contributed by atoms with E-state index in [0.717, 1.165) is 0 Å². The molecule has 4 heteroatoms. The van der Waals surface area contributed by atoms with E-state index >= 15 is 0 Å². The van der Waals surface area contributed by atoms with E-state index in [2.05, 4.69) is 0 Å². The summed E-state index contributed by atoms with van der Waals surface area (Å²) in [5, 5.41) is 0. The molecule has 0 fully saturated rings. The van der Waals surface area contributed by atoms with Crippen molar-refractivity contribution in [3.63, 3.8) is 0 Å². The molecular weight excluding hydrogens is 152 g/mol. The van der Waals surface area contributed by atoms with Crippen LogP contribution in [-0.4, -0.2) is 57.3 Å². The Hall–Kier alpha value is 2.21. The van der Waals surface area contributed by atoms with Gasteiger partial charge in [0.05, 0.1) is 0 Å². The minimum atomic E-state index is 0. The third-order valence-corrected chi connectivity index (χ3v) is 0. The molecule has 0 aliphatic heterocycles. The molecule has 0 aromatic carbocycles. The van der Waals surface area contributed by atoms with Crippen LogP contribution in [0.2, 0.25) is 0 Å². The summed E-state index contributed by atoms with van der Waals surface area (Å²) in [6, 6.07) is 0. The Bertz CT molecular complexity index is 11.5. The largest absolute Gasteiger partial charge is 2.00 e. The molecule has 0 amide bonds. The van der Waals surface area contributed by atoms with Gasteiger partial charge in [0, 0.05) is 17.1 Å². The van der Waals surface area contributed by atoms with Crippen LogP contribution in [0.1, 0.15) is 2.85 Å². The van der Waals surface area contributed by atoms with E-state index in [1.165, 1.54) is 9.76 Å². The van der Waals surface area contributed by atoms with Crippen LogP contribution in [-0.2, 0) is 17.1 Å². The third-order valence-electron chi connectivity index (χ3n) is 0. The minimum absolute atomic E-state index is 0. The van der Waals surface area contributed by atoms with Gasteiger partial charge < -0.3 is 2.85 Å². The van der Waals surface area contributed by atoms with Gasteiger partial charge >= 0.3 is 37.7 Å². The Kier molecular flexibility index (Phi) is 77.3. The molecule has 0 bridgehead atoms. The predicted molar refractivity (Wildman–Crippen MR) is 26.5 cm³/mol. The second kappa shape index (κ2) is 18.9. The van der Waals surface area contributed by atoms with Crippen LogP contribution in [0.4, 0.5) is 0 Å². The summed E-state index contributed by atoms with van der Waals surface area (Å²) in [5.74, 6) is 0. The normalized spacial score (nSPS) is 2.25. The first kappa shape index (κ1) is 16.4. The van der Waals surface area contributed by atoms with Crippen molar-refractivity contribution < 1.29 is 19.9 Å². The van der Waals surface area contributed by atoms with E-state index in [4.69, 9.17) is 0 Å². The SMILES string of the molecule is [Ca+2].[Fe].[H-].[H-].[SiH2][SiH3]. The van der Waals surface area contributed by atoms with Gasteiger partial charge in [-0.1, -0.05) is 0 Å². The van der Waals surface area contributed by atoms with Crippen LogP contribution in [0.3, 0.4) is 0 Å². The molecule has 0 aromatic rings. The molecule has 0 aliphatic carbocycles. The average molecular weight is 159 g/mol. The fourth-order valence-electron chi connectivity index (χ4n) is 0. The molecule has 0 atom stereocenters. The van der Waals surface area contributed by atoms with E-state index in [1.54, 1.807) is 0 Å². The Morgan fingerprint density at radius 3 is 1.50 bits per heavy atom. The van der Waals surface area contributed by atoms with Gasteiger partial charge in [0.1, 0.15) is 0 Å². The summed E-state index contributed by atoms with van der Waals surface area (Å²) in [5.41, 5.74) is 0. The zero-order chi connectivity index (χ0) is 2.00. The maximum atomic E-state index is 2.00. The molecule has 0 unspecified atom stereocenters. The van der Waals surface area contributed by atoms with Crippen LogP contribution in [0.5, 0.6) is 0 Å². The van der Waals surface area contributed by atoms with E-state index in [-0.39, 0.29) is 57.7 Å². The van der Waals surface area contributed by atoms with Crippen molar-refractivity contribution in [2.75, 3.05) is 0 Å². The van der Waals surface area contributed by atoms with Gasteiger partial charge in [0.15, 0.2) is 0 Å². The van der Waals surface area contributed by atoms with Gasteiger partial charge in [-0.15, -0.1) is 0 Å². The van der Waals surface area contributed by atoms with Crippen LogP contribution in [0, 0.1) is 0 Å². The van der Waals surface area contributed by atoms with Crippen molar-refractivity contribution in [3.8, 4) is 0 Å². The van der Waals surface area contributed by atoms with Crippen molar-refractivity contribution in [1.82, 2.24) is 0 Å². The standard InChI is InChI=1S/Ca.Fe.H5Si2.2H/c;;1-2;;/h;;1H2,2H3;;/q+2;;;2*-1. The Balaban J connectivity index is -0.000000000833. The molecule has 25 valence electrons.